The third-order valence-electron chi connectivity index (χ3n) is 6.33. The van der Waals surface area contributed by atoms with Crippen LogP contribution in [0.5, 0.6) is 0 Å². The Morgan fingerprint density at radius 1 is 0.750 bits per heavy atom. The van der Waals surface area contributed by atoms with Gasteiger partial charge in [0, 0.05) is 13.0 Å². The second-order valence-corrected chi connectivity index (χ2v) is 11.5. The number of alkyl carbamates (subject to hydrolysis) is 1. The second-order valence-electron chi connectivity index (χ2n) is 11.5. The third-order valence-corrected chi connectivity index (χ3v) is 6.33. The highest BCUT2D eigenvalue weighted by molar-refractivity contribution is 5.87. The van der Waals surface area contributed by atoms with Gasteiger partial charge in [0.15, 0.2) is 0 Å². The van der Waals surface area contributed by atoms with Crippen molar-refractivity contribution in [1.29, 1.82) is 0 Å². The van der Waals surface area contributed by atoms with Gasteiger partial charge in [0.2, 0.25) is 11.8 Å². The number of allylic oxidation sites excluding steroid dienone is 2. The number of unbranched alkanes of at least 4 members (excludes halogenated alkanes) is 12. The molecule has 9 nitrogen and oxygen atoms in total. The second kappa shape index (κ2) is 24.2. The molecule has 0 spiro atoms. The van der Waals surface area contributed by atoms with Gasteiger partial charge in [-0.3, -0.25) is 9.59 Å². The van der Waals surface area contributed by atoms with Crippen molar-refractivity contribution in [3.05, 3.63) is 12.2 Å². The molecule has 0 aromatic heterocycles. The molecule has 40 heavy (non-hydrogen) atoms. The monoisotopic (exact) mass is 567 g/mol. The molecule has 232 valence electrons. The molecule has 0 aliphatic carbocycles. The van der Waals surface area contributed by atoms with Crippen molar-refractivity contribution < 1.29 is 29.0 Å². The quantitative estimate of drug-likeness (QED) is 0.0787. The molecule has 0 radical (unpaired) electrons. The number of carboxylic acid groups (broad SMARTS) is 1. The predicted octanol–water partition coefficient (Wildman–Crippen LogP) is 6.40. The number of nitrogens with one attached hydrogen (secondary N) is 3. The van der Waals surface area contributed by atoms with Gasteiger partial charge in [0.25, 0.3) is 0 Å². The maximum atomic E-state index is 12.1. The van der Waals surface area contributed by atoms with Crippen molar-refractivity contribution in [2.45, 2.75) is 148 Å². The van der Waals surface area contributed by atoms with Gasteiger partial charge in [0.1, 0.15) is 11.6 Å². The third kappa shape index (κ3) is 25.7. The Labute approximate surface area is 242 Å². The van der Waals surface area contributed by atoms with Crippen LogP contribution in [0.25, 0.3) is 0 Å². The normalized spacial score (nSPS) is 12.2. The van der Waals surface area contributed by atoms with E-state index in [2.05, 4.69) is 35.0 Å². The van der Waals surface area contributed by atoms with Crippen LogP contribution in [0.1, 0.15) is 137 Å². The van der Waals surface area contributed by atoms with E-state index < -0.39 is 29.6 Å². The summed E-state index contributed by atoms with van der Waals surface area (Å²) >= 11 is 0. The van der Waals surface area contributed by atoms with E-state index >= 15 is 0 Å². The first-order chi connectivity index (χ1) is 19.0. The maximum absolute atomic E-state index is 12.1. The SMILES string of the molecule is CCCCCCCCC=CCCCCCCCC(=O)NCC(=O)NC(CCCCNC(=O)OC(C)(C)C)C(=O)O. The minimum atomic E-state index is -1.13. The molecule has 0 rings (SSSR count). The first-order valence-corrected chi connectivity index (χ1v) is 15.5. The summed E-state index contributed by atoms with van der Waals surface area (Å²) in [7, 11) is 0. The van der Waals surface area contributed by atoms with Gasteiger partial charge in [-0.1, -0.05) is 70.4 Å². The van der Waals surface area contributed by atoms with Crippen molar-refractivity contribution in [3.8, 4) is 0 Å². The first-order valence-electron chi connectivity index (χ1n) is 15.5. The number of aliphatic carboxylic acids is 1. The number of hydrogen-bond acceptors (Lipinski definition) is 5. The summed E-state index contributed by atoms with van der Waals surface area (Å²) in [5.74, 6) is -1.86. The van der Waals surface area contributed by atoms with E-state index in [-0.39, 0.29) is 18.9 Å². The summed E-state index contributed by atoms with van der Waals surface area (Å²) in [6, 6.07) is -1.05. The van der Waals surface area contributed by atoms with Crippen LogP contribution in [0.2, 0.25) is 0 Å². The predicted molar refractivity (Wildman–Crippen MR) is 160 cm³/mol. The van der Waals surface area contributed by atoms with Crippen molar-refractivity contribution in [2.24, 2.45) is 0 Å². The molecule has 0 saturated carbocycles. The van der Waals surface area contributed by atoms with Crippen LogP contribution in [0.3, 0.4) is 0 Å². The number of carboxylic acids is 1. The van der Waals surface area contributed by atoms with E-state index in [1.807, 2.05) is 0 Å². The molecule has 9 heteroatoms. The van der Waals surface area contributed by atoms with Crippen LogP contribution >= 0.6 is 0 Å². The lowest BCUT2D eigenvalue weighted by molar-refractivity contribution is -0.142. The highest BCUT2D eigenvalue weighted by atomic mass is 16.6. The van der Waals surface area contributed by atoms with Crippen molar-refractivity contribution in [3.63, 3.8) is 0 Å². The van der Waals surface area contributed by atoms with Gasteiger partial charge in [-0.25, -0.2) is 9.59 Å². The Morgan fingerprint density at radius 3 is 1.90 bits per heavy atom. The summed E-state index contributed by atoms with van der Waals surface area (Å²) in [4.78, 5) is 47.2. The maximum Gasteiger partial charge on any atom is 0.407 e. The average Bonchev–Trinajstić information content (AvgIpc) is 2.87. The molecule has 3 amide bonds. The Kier molecular flexibility index (Phi) is 22.7. The molecule has 0 aromatic rings. The van der Waals surface area contributed by atoms with E-state index in [9.17, 15) is 24.3 Å². The Hall–Kier alpha value is -2.58. The Balaban J connectivity index is 3.79. The molecule has 0 aliphatic heterocycles. The fraction of sp³-hybridized carbons (Fsp3) is 0.806. The lowest BCUT2D eigenvalue weighted by atomic mass is 10.1. The van der Waals surface area contributed by atoms with Crippen LogP contribution in [0.4, 0.5) is 4.79 Å². The molecule has 0 saturated heterocycles. The topological polar surface area (TPSA) is 134 Å². The average molecular weight is 568 g/mol. The summed E-state index contributed by atoms with van der Waals surface area (Å²) in [6.07, 6.45) is 21.2. The number of carbonyl (C=O) groups excluding carboxylic acids is 3. The van der Waals surface area contributed by atoms with Crippen LogP contribution < -0.4 is 16.0 Å². The van der Waals surface area contributed by atoms with Crippen molar-refractivity contribution >= 4 is 23.9 Å². The number of hydrogen-bond donors (Lipinski definition) is 4. The molecule has 0 aliphatic rings. The Bertz CT molecular complexity index is 733. The number of carbonyl (C=O) groups is 4. The molecular weight excluding hydrogens is 510 g/mol. The fourth-order valence-corrected chi connectivity index (χ4v) is 4.10. The lowest BCUT2D eigenvalue weighted by Gasteiger charge is -2.19. The number of amides is 3. The van der Waals surface area contributed by atoms with Crippen LogP contribution in [-0.4, -0.2) is 53.7 Å². The largest absolute Gasteiger partial charge is 0.480 e. The molecule has 4 N–H and O–H groups in total. The molecule has 0 bridgehead atoms. The Morgan fingerprint density at radius 2 is 1.32 bits per heavy atom. The number of rotatable bonds is 24. The molecular formula is C31H57N3O6. The highest BCUT2D eigenvalue weighted by Crippen LogP contribution is 2.10. The number of ether oxygens (including phenoxy) is 1. The van der Waals surface area contributed by atoms with E-state index in [0.29, 0.717) is 25.8 Å². The molecule has 0 fully saturated rings. The van der Waals surface area contributed by atoms with Crippen LogP contribution in [0, 0.1) is 0 Å². The van der Waals surface area contributed by atoms with Gasteiger partial charge in [0.05, 0.1) is 6.54 Å². The molecule has 1 unspecified atom stereocenters. The summed E-state index contributed by atoms with van der Waals surface area (Å²) in [5, 5.41) is 17.0. The van der Waals surface area contributed by atoms with E-state index in [1.54, 1.807) is 20.8 Å². The lowest BCUT2D eigenvalue weighted by Crippen LogP contribution is -2.45. The van der Waals surface area contributed by atoms with Crippen molar-refractivity contribution in [1.82, 2.24) is 16.0 Å². The van der Waals surface area contributed by atoms with Crippen LogP contribution in [-0.2, 0) is 19.1 Å². The smallest absolute Gasteiger partial charge is 0.407 e. The minimum Gasteiger partial charge on any atom is -0.480 e. The fourth-order valence-electron chi connectivity index (χ4n) is 4.10. The van der Waals surface area contributed by atoms with Gasteiger partial charge >= 0.3 is 12.1 Å². The summed E-state index contributed by atoms with van der Waals surface area (Å²) in [6.45, 7) is 7.67. The zero-order chi connectivity index (χ0) is 30.1. The molecule has 0 heterocycles. The molecule has 0 aromatic carbocycles. The summed E-state index contributed by atoms with van der Waals surface area (Å²) in [5.41, 5.74) is -0.581. The zero-order valence-electron chi connectivity index (χ0n) is 25.7. The minimum absolute atomic E-state index is 0.201. The van der Waals surface area contributed by atoms with E-state index in [4.69, 9.17) is 4.74 Å². The van der Waals surface area contributed by atoms with Crippen molar-refractivity contribution in [2.75, 3.05) is 13.1 Å². The zero-order valence-corrected chi connectivity index (χ0v) is 25.7. The summed E-state index contributed by atoms with van der Waals surface area (Å²) < 4.78 is 5.14. The first kappa shape index (κ1) is 37.4. The standard InChI is InChI=1S/C31H57N3O6/c1-5-6-7-8-9-10-11-12-13-14-15-16-17-18-19-23-27(35)33-25-28(36)34-26(29(37)38)22-20-21-24-32-30(39)40-31(2,3)4/h12-13,26H,5-11,14-25H2,1-4H3,(H,32,39)(H,33,35)(H,34,36)(H,37,38). The van der Waals surface area contributed by atoms with Gasteiger partial charge in [-0.15, -0.1) is 0 Å². The molecule has 1 atom stereocenters. The van der Waals surface area contributed by atoms with E-state index in [0.717, 1.165) is 32.1 Å². The van der Waals surface area contributed by atoms with Gasteiger partial charge in [-0.2, -0.15) is 0 Å². The van der Waals surface area contributed by atoms with Crippen LogP contribution in [0.15, 0.2) is 12.2 Å². The van der Waals surface area contributed by atoms with E-state index in [1.165, 1.54) is 51.4 Å². The highest BCUT2D eigenvalue weighted by Gasteiger charge is 2.20. The van der Waals surface area contributed by atoms with Gasteiger partial charge in [-0.05, 0) is 72.1 Å². The van der Waals surface area contributed by atoms with Gasteiger partial charge < -0.3 is 25.8 Å².